The van der Waals surface area contributed by atoms with E-state index in [1.807, 2.05) is 0 Å². The quantitative estimate of drug-likeness (QED) is 0.733. The van der Waals surface area contributed by atoms with Gasteiger partial charge in [-0.05, 0) is 12.8 Å². The Kier molecular flexibility index (Phi) is 5.01. The molecule has 1 unspecified atom stereocenters. The maximum Gasteiger partial charge on any atom is 0.405 e. The molecule has 16 heavy (non-hydrogen) atoms. The van der Waals surface area contributed by atoms with Crippen molar-refractivity contribution in [2.24, 2.45) is 0 Å². The van der Waals surface area contributed by atoms with Crippen LogP contribution >= 0.6 is 0 Å². The molecule has 0 spiro atoms. The summed E-state index contributed by atoms with van der Waals surface area (Å²) < 4.78 is 40.5. The minimum Gasteiger partial charge on any atom is -0.377 e. The number of hydrogen-bond acceptors (Lipinski definition) is 3. The van der Waals surface area contributed by atoms with E-state index in [1.54, 1.807) is 5.32 Å². The van der Waals surface area contributed by atoms with E-state index in [0.717, 1.165) is 12.8 Å². The van der Waals surface area contributed by atoms with Crippen molar-refractivity contribution in [2.45, 2.75) is 25.1 Å². The second-order valence-electron chi connectivity index (χ2n) is 3.66. The van der Waals surface area contributed by atoms with Gasteiger partial charge in [0.15, 0.2) is 0 Å². The number of halogens is 3. The lowest BCUT2D eigenvalue weighted by atomic mass is 10.2. The van der Waals surface area contributed by atoms with Crippen molar-refractivity contribution >= 4 is 5.91 Å². The predicted octanol–water partition coefficient (Wildman–Crippen LogP) is 0.433. The van der Waals surface area contributed by atoms with E-state index in [2.05, 4.69) is 5.32 Å². The topological polar surface area (TPSA) is 50.4 Å². The summed E-state index contributed by atoms with van der Waals surface area (Å²) in [6, 6.07) is 0. The summed E-state index contributed by atoms with van der Waals surface area (Å²) in [5.74, 6) is -0.657. The van der Waals surface area contributed by atoms with Crippen LogP contribution in [0.2, 0.25) is 0 Å². The Labute approximate surface area is 91.5 Å². The molecular formula is C9H15F3N2O2. The van der Waals surface area contributed by atoms with Crippen LogP contribution in [0.4, 0.5) is 13.2 Å². The van der Waals surface area contributed by atoms with Gasteiger partial charge in [0, 0.05) is 13.2 Å². The van der Waals surface area contributed by atoms with Crippen LogP contribution in [0.15, 0.2) is 0 Å². The van der Waals surface area contributed by atoms with Gasteiger partial charge >= 0.3 is 6.18 Å². The van der Waals surface area contributed by atoms with E-state index in [-0.39, 0.29) is 12.6 Å². The van der Waals surface area contributed by atoms with Gasteiger partial charge in [0.2, 0.25) is 5.91 Å². The van der Waals surface area contributed by atoms with Gasteiger partial charge < -0.3 is 15.4 Å². The lowest BCUT2D eigenvalue weighted by Crippen LogP contribution is -2.40. The molecule has 0 aliphatic carbocycles. The smallest absolute Gasteiger partial charge is 0.377 e. The van der Waals surface area contributed by atoms with Crippen LogP contribution in [0.25, 0.3) is 0 Å². The molecule has 7 heteroatoms. The zero-order valence-electron chi connectivity index (χ0n) is 8.77. The van der Waals surface area contributed by atoms with Gasteiger partial charge in [-0.3, -0.25) is 4.79 Å². The zero-order chi connectivity index (χ0) is 12.0. The highest BCUT2D eigenvalue weighted by Crippen LogP contribution is 2.12. The Morgan fingerprint density at radius 3 is 2.75 bits per heavy atom. The molecule has 1 amide bonds. The van der Waals surface area contributed by atoms with Crippen LogP contribution in [0, 0.1) is 0 Å². The molecule has 0 saturated carbocycles. The number of carbonyl (C=O) groups excluding carboxylic acids is 1. The largest absolute Gasteiger partial charge is 0.405 e. The van der Waals surface area contributed by atoms with Crippen molar-refractivity contribution in [1.29, 1.82) is 0 Å². The van der Waals surface area contributed by atoms with Crippen LogP contribution in [-0.4, -0.2) is 44.4 Å². The lowest BCUT2D eigenvalue weighted by Gasteiger charge is -2.11. The van der Waals surface area contributed by atoms with Crippen molar-refractivity contribution in [3.05, 3.63) is 0 Å². The average molecular weight is 240 g/mol. The molecule has 1 rings (SSSR count). The third-order valence-electron chi connectivity index (χ3n) is 2.17. The monoisotopic (exact) mass is 240 g/mol. The number of rotatable bonds is 5. The summed E-state index contributed by atoms with van der Waals surface area (Å²) in [6.07, 6.45) is -2.36. The Bertz CT molecular complexity index is 227. The number of hydrogen-bond donors (Lipinski definition) is 2. The molecule has 4 nitrogen and oxygen atoms in total. The fourth-order valence-corrected chi connectivity index (χ4v) is 1.41. The Balaban J connectivity index is 2.01. The fourth-order valence-electron chi connectivity index (χ4n) is 1.41. The highest BCUT2D eigenvalue weighted by molar-refractivity contribution is 5.77. The molecule has 0 aromatic rings. The third-order valence-corrected chi connectivity index (χ3v) is 2.17. The number of ether oxygens (including phenoxy) is 1. The van der Waals surface area contributed by atoms with E-state index < -0.39 is 18.6 Å². The fraction of sp³-hybridized carbons (Fsp3) is 0.889. The predicted molar refractivity (Wildman–Crippen MR) is 50.9 cm³/mol. The van der Waals surface area contributed by atoms with Gasteiger partial charge in [-0.2, -0.15) is 13.2 Å². The zero-order valence-corrected chi connectivity index (χ0v) is 8.77. The Morgan fingerprint density at radius 1 is 1.44 bits per heavy atom. The first kappa shape index (κ1) is 13.2. The molecule has 1 fully saturated rings. The van der Waals surface area contributed by atoms with Gasteiger partial charge in [0.1, 0.15) is 6.54 Å². The maximum atomic E-state index is 11.7. The first-order valence-electron chi connectivity index (χ1n) is 5.13. The SMILES string of the molecule is O=C(CNCC1CCCO1)NCC(F)(F)F. The van der Waals surface area contributed by atoms with Gasteiger partial charge in [0.25, 0.3) is 0 Å². The lowest BCUT2D eigenvalue weighted by molar-refractivity contribution is -0.137. The summed E-state index contributed by atoms with van der Waals surface area (Å²) in [5.41, 5.74) is 0. The Hall–Kier alpha value is -0.820. The summed E-state index contributed by atoms with van der Waals surface area (Å²) in [7, 11) is 0. The van der Waals surface area contributed by atoms with Gasteiger partial charge in [-0.25, -0.2) is 0 Å². The molecule has 1 heterocycles. The second kappa shape index (κ2) is 6.05. The molecule has 0 bridgehead atoms. The van der Waals surface area contributed by atoms with Crippen molar-refractivity contribution < 1.29 is 22.7 Å². The van der Waals surface area contributed by atoms with Crippen molar-refractivity contribution in [3.8, 4) is 0 Å². The number of nitrogens with one attached hydrogen (secondary N) is 2. The summed E-state index contributed by atoms with van der Waals surface area (Å²) >= 11 is 0. The third kappa shape index (κ3) is 5.92. The molecule has 1 aliphatic heterocycles. The van der Waals surface area contributed by atoms with E-state index in [9.17, 15) is 18.0 Å². The number of amides is 1. The Morgan fingerprint density at radius 2 is 2.19 bits per heavy atom. The van der Waals surface area contributed by atoms with Gasteiger partial charge in [-0.15, -0.1) is 0 Å². The molecule has 0 aromatic carbocycles. The van der Waals surface area contributed by atoms with E-state index in [1.165, 1.54) is 0 Å². The summed E-state index contributed by atoms with van der Waals surface area (Å²) in [4.78, 5) is 10.9. The molecule has 2 N–H and O–H groups in total. The highest BCUT2D eigenvalue weighted by Gasteiger charge is 2.27. The van der Waals surface area contributed by atoms with E-state index in [0.29, 0.717) is 13.2 Å². The molecule has 94 valence electrons. The van der Waals surface area contributed by atoms with Crippen molar-refractivity contribution in [1.82, 2.24) is 10.6 Å². The molecule has 0 aromatic heterocycles. The van der Waals surface area contributed by atoms with Crippen LogP contribution in [0.3, 0.4) is 0 Å². The van der Waals surface area contributed by atoms with Crippen LogP contribution in [-0.2, 0) is 9.53 Å². The minimum absolute atomic E-state index is 0.0791. The molecule has 0 radical (unpaired) electrons. The summed E-state index contributed by atoms with van der Waals surface area (Å²) in [6.45, 7) is -0.185. The van der Waals surface area contributed by atoms with Crippen molar-refractivity contribution in [2.75, 3.05) is 26.2 Å². The number of carbonyl (C=O) groups is 1. The summed E-state index contributed by atoms with van der Waals surface area (Å²) in [5, 5.41) is 4.54. The van der Waals surface area contributed by atoms with Crippen LogP contribution in [0.5, 0.6) is 0 Å². The van der Waals surface area contributed by atoms with Gasteiger partial charge in [-0.1, -0.05) is 0 Å². The minimum atomic E-state index is -4.36. The molecule has 1 saturated heterocycles. The normalized spacial score (nSPS) is 21.1. The highest BCUT2D eigenvalue weighted by atomic mass is 19.4. The standard InChI is InChI=1S/C9H15F3N2O2/c10-9(11,12)6-14-8(15)5-13-4-7-2-1-3-16-7/h7,13H,1-6H2,(H,14,15). The van der Waals surface area contributed by atoms with Crippen LogP contribution < -0.4 is 10.6 Å². The first-order valence-corrected chi connectivity index (χ1v) is 5.13. The second-order valence-corrected chi connectivity index (χ2v) is 3.66. The molecule has 1 atom stereocenters. The first-order chi connectivity index (χ1) is 7.47. The number of alkyl halides is 3. The van der Waals surface area contributed by atoms with Gasteiger partial charge in [0.05, 0.1) is 12.6 Å². The van der Waals surface area contributed by atoms with E-state index >= 15 is 0 Å². The van der Waals surface area contributed by atoms with E-state index in [4.69, 9.17) is 4.74 Å². The average Bonchev–Trinajstić information content (AvgIpc) is 2.66. The van der Waals surface area contributed by atoms with Crippen molar-refractivity contribution in [3.63, 3.8) is 0 Å². The van der Waals surface area contributed by atoms with Crippen LogP contribution in [0.1, 0.15) is 12.8 Å². The maximum absolute atomic E-state index is 11.7. The molecule has 1 aliphatic rings. The molecular weight excluding hydrogens is 225 g/mol.